The third kappa shape index (κ3) is 2.90. The van der Waals surface area contributed by atoms with Gasteiger partial charge in [0.05, 0.1) is 35.0 Å². The number of rotatable bonds is 4. The van der Waals surface area contributed by atoms with Crippen LogP contribution in [0.15, 0.2) is 60.4 Å². The third-order valence-corrected chi connectivity index (χ3v) is 6.92. The van der Waals surface area contributed by atoms with E-state index in [1.165, 1.54) is 12.1 Å². The molecule has 1 fully saturated rings. The van der Waals surface area contributed by atoms with Gasteiger partial charge in [0.2, 0.25) is 0 Å². The Bertz CT molecular complexity index is 1110. The molecule has 1 aromatic carbocycles. The van der Waals surface area contributed by atoms with Crippen molar-refractivity contribution in [2.45, 2.75) is 44.3 Å². The SMILES string of the molecule is C[C@]12Cc3cnn(-c4ccc(F)cc4)c3C=C1CC[C@@]2(O)C[C@H](O)c1ccccn1. The number of hydrogen-bond donors (Lipinski definition) is 2. The van der Waals surface area contributed by atoms with Crippen LogP contribution in [0.2, 0.25) is 0 Å². The maximum Gasteiger partial charge on any atom is 0.123 e. The summed E-state index contributed by atoms with van der Waals surface area (Å²) < 4.78 is 15.1. The Labute approximate surface area is 174 Å². The molecule has 154 valence electrons. The fourth-order valence-corrected chi connectivity index (χ4v) is 5.04. The monoisotopic (exact) mass is 405 g/mol. The summed E-state index contributed by atoms with van der Waals surface area (Å²) in [6, 6.07) is 11.7. The lowest BCUT2D eigenvalue weighted by atomic mass is 9.65. The molecule has 0 amide bonds. The fourth-order valence-electron chi connectivity index (χ4n) is 5.04. The molecule has 2 aromatic heterocycles. The van der Waals surface area contributed by atoms with Gasteiger partial charge in [-0.05, 0) is 67.3 Å². The van der Waals surface area contributed by atoms with Crippen LogP contribution in [0, 0.1) is 11.2 Å². The lowest BCUT2D eigenvalue weighted by Gasteiger charge is -2.43. The standard InChI is InChI=1S/C24H24FN3O2/c1-23-13-16-15-27-28(19-7-5-18(25)6-8-19)21(16)12-17(23)9-10-24(23,30)14-22(29)20-4-2-3-11-26-20/h2-8,11-12,15,22,29-30H,9-10,13-14H2,1H3/t22-,23-,24+/m0/s1. The third-order valence-electron chi connectivity index (χ3n) is 6.92. The van der Waals surface area contributed by atoms with E-state index in [1.807, 2.05) is 23.0 Å². The van der Waals surface area contributed by atoms with E-state index in [2.05, 4.69) is 23.1 Å². The highest BCUT2D eigenvalue weighted by molar-refractivity contribution is 5.62. The summed E-state index contributed by atoms with van der Waals surface area (Å²) in [5.74, 6) is -0.280. The van der Waals surface area contributed by atoms with E-state index in [-0.39, 0.29) is 12.2 Å². The fraction of sp³-hybridized carbons (Fsp3) is 0.333. The van der Waals surface area contributed by atoms with E-state index in [0.717, 1.165) is 28.9 Å². The molecule has 2 N–H and O–H groups in total. The Morgan fingerprint density at radius 2 is 2.00 bits per heavy atom. The minimum absolute atomic E-state index is 0.235. The lowest BCUT2D eigenvalue weighted by molar-refractivity contribution is -0.0747. The predicted octanol–water partition coefficient (Wildman–Crippen LogP) is 4.00. The largest absolute Gasteiger partial charge is 0.389 e. The summed E-state index contributed by atoms with van der Waals surface area (Å²) in [5, 5.41) is 26.9. The zero-order valence-electron chi connectivity index (χ0n) is 16.8. The van der Waals surface area contributed by atoms with Crippen molar-refractivity contribution in [2.24, 2.45) is 5.41 Å². The second-order valence-corrected chi connectivity index (χ2v) is 8.63. The molecule has 0 aliphatic heterocycles. The van der Waals surface area contributed by atoms with Crippen LogP contribution in [0.5, 0.6) is 0 Å². The summed E-state index contributed by atoms with van der Waals surface area (Å²) in [5.41, 5.74) is 3.04. The van der Waals surface area contributed by atoms with Crippen LogP contribution in [0.1, 0.15) is 49.2 Å². The average molecular weight is 405 g/mol. The van der Waals surface area contributed by atoms with E-state index in [9.17, 15) is 14.6 Å². The summed E-state index contributed by atoms with van der Waals surface area (Å²) in [6.07, 6.45) is 6.99. The van der Waals surface area contributed by atoms with Crippen molar-refractivity contribution in [2.75, 3.05) is 0 Å². The van der Waals surface area contributed by atoms with Crippen molar-refractivity contribution >= 4 is 6.08 Å². The second-order valence-electron chi connectivity index (χ2n) is 8.63. The maximum atomic E-state index is 13.3. The number of nitrogens with zero attached hydrogens (tertiary/aromatic N) is 3. The molecule has 0 unspecified atom stereocenters. The van der Waals surface area contributed by atoms with Gasteiger partial charge in [0.15, 0.2) is 0 Å². The van der Waals surface area contributed by atoms with Crippen molar-refractivity contribution in [3.8, 4) is 5.69 Å². The molecule has 2 aliphatic carbocycles. The zero-order valence-corrected chi connectivity index (χ0v) is 16.8. The topological polar surface area (TPSA) is 71.2 Å². The van der Waals surface area contributed by atoms with Gasteiger partial charge < -0.3 is 10.2 Å². The van der Waals surface area contributed by atoms with Crippen molar-refractivity contribution in [1.29, 1.82) is 0 Å². The number of hydrogen-bond acceptors (Lipinski definition) is 4. The number of aromatic nitrogens is 3. The Morgan fingerprint density at radius 1 is 1.20 bits per heavy atom. The van der Waals surface area contributed by atoms with Crippen molar-refractivity contribution in [1.82, 2.24) is 14.8 Å². The van der Waals surface area contributed by atoms with Crippen LogP contribution in [0.4, 0.5) is 4.39 Å². The van der Waals surface area contributed by atoms with E-state index in [1.54, 1.807) is 24.4 Å². The van der Waals surface area contributed by atoms with Crippen molar-refractivity contribution < 1.29 is 14.6 Å². The number of halogens is 1. The van der Waals surface area contributed by atoms with Crippen molar-refractivity contribution in [3.63, 3.8) is 0 Å². The molecule has 2 aliphatic rings. The molecule has 3 atom stereocenters. The van der Waals surface area contributed by atoms with Crippen LogP contribution < -0.4 is 0 Å². The van der Waals surface area contributed by atoms with E-state index in [0.29, 0.717) is 18.5 Å². The summed E-state index contributed by atoms with van der Waals surface area (Å²) >= 11 is 0. The van der Waals surface area contributed by atoms with Crippen LogP contribution in [0.25, 0.3) is 11.8 Å². The van der Waals surface area contributed by atoms with Gasteiger partial charge in [-0.2, -0.15) is 5.10 Å². The molecule has 5 rings (SSSR count). The Kier molecular flexibility index (Phi) is 4.38. The Balaban J connectivity index is 1.47. The molecule has 0 spiro atoms. The normalized spacial score (nSPS) is 26.1. The van der Waals surface area contributed by atoms with Crippen molar-refractivity contribution in [3.05, 3.63) is 83.2 Å². The Morgan fingerprint density at radius 3 is 2.73 bits per heavy atom. The smallest absolute Gasteiger partial charge is 0.123 e. The van der Waals surface area contributed by atoms with E-state index >= 15 is 0 Å². The lowest BCUT2D eigenvalue weighted by Crippen LogP contribution is -2.46. The molecule has 0 saturated heterocycles. The molecule has 30 heavy (non-hydrogen) atoms. The van der Waals surface area contributed by atoms with E-state index in [4.69, 9.17) is 0 Å². The van der Waals surface area contributed by atoms with Gasteiger partial charge in [-0.1, -0.05) is 18.6 Å². The maximum absolute atomic E-state index is 13.3. The van der Waals surface area contributed by atoms with Gasteiger partial charge in [-0.3, -0.25) is 4.98 Å². The summed E-state index contributed by atoms with van der Waals surface area (Å²) in [7, 11) is 0. The van der Waals surface area contributed by atoms with Crippen LogP contribution in [-0.4, -0.2) is 30.6 Å². The van der Waals surface area contributed by atoms with Gasteiger partial charge in [-0.25, -0.2) is 9.07 Å². The quantitative estimate of drug-likeness (QED) is 0.688. The van der Waals surface area contributed by atoms with Crippen LogP contribution in [-0.2, 0) is 6.42 Å². The molecule has 1 saturated carbocycles. The molecular weight excluding hydrogens is 381 g/mol. The number of aliphatic hydroxyl groups excluding tert-OH is 1. The zero-order chi connectivity index (χ0) is 20.9. The minimum atomic E-state index is -1.04. The van der Waals surface area contributed by atoms with Gasteiger partial charge in [-0.15, -0.1) is 0 Å². The van der Waals surface area contributed by atoms with Crippen LogP contribution >= 0.6 is 0 Å². The molecule has 0 radical (unpaired) electrons. The highest BCUT2D eigenvalue weighted by atomic mass is 19.1. The molecule has 3 aromatic rings. The van der Waals surface area contributed by atoms with Crippen LogP contribution in [0.3, 0.4) is 0 Å². The number of fused-ring (bicyclic) bond motifs is 2. The first kappa shape index (κ1) is 19.2. The molecule has 6 heteroatoms. The first-order valence-corrected chi connectivity index (χ1v) is 10.2. The van der Waals surface area contributed by atoms with Gasteiger partial charge in [0.1, 0.15) is 5.82 Å². The molecule has 0 bridgehead atoms. The number of benzene rings is 1. The highest BCUT2D eigenvalue weighted by Crippen LogP contribution is 2.57. The molecular formula is C24H24FN3O2. The number of aliphatic hydroxyl groups is 2. The number of pyridine rings is 1. The highest BCUT2D eigenvalue weighted by Gasteiger charge is 2.55. The minimum Gasteiger partial charge on any atom is -0.389 e. The second kappa shape index (κ2) is 6.86. The molecule has 2 heterocycles. The predicted molar refractivity (Wildman–Crippen MR) is 111 cm³/mol. The summed E-state index contributed by atoms with van der Waals surface area (Å²) in [6.45, 7) is 2.08. The Hall–Kier alpha value is -2.83. The van der Waals surface area contributed by atoms with Gasteiger partial charge >= 0.3 is 0 Å². The average Bonchev–Trinajstić information content (AvgIpc) is 3.25. The first-order valence-electron chi connectivity index (χ1n) is 10.2. The first-order chi connectivity index (χ1) is 14.4. The molecule has 5 nitrogen and oxygen atoms in total. The van der Waals surface area contributed by atoms with Gasteiger partial charge in [0.25, 0.3) is 0 Å². The van der Waals surface area contributed by atoms with Gasteiger partial charge in [0, 0.05) is 18.0 Å². The summed E-state index contributed by atoms with van der Waals surface area (Å²) in [4.78, 5) is 4.24. The van der Waals surface area contributed by atoms with E-state index < -0.39 is 17.1 Å².